The van der Waals surface area contributed by atoms with Gasteiger partial charge < -0.3 is 24.5 Å². The highest BCUT2D eigenvalue weighted by Gasteiger charge is 2.23. The van der Waals surface area contributed by atoms with Crippen molar-refractivity contribution >= 4 is 23.2 Å². The molecule has 0 bridgehead atoms. The van der Waals surface area contributed by atoms with E-state index in [1.807, 2.05) is 18.2 Å². The van der Waals surface area contributed by atoms with Gasteiger partial charge in [-0.1, -0.05) is 0 Å². The first-order chi connectivity index (χ1) is 12.1. The first-order valence-electron chi connectivity index (χ1n) is 8.46. The Morgan fingerprint density at radius 1 is 1.44 bits per heavy atom. The Hall–Kier alpha value is -2.70. The molecule has 7 heteroatoms. The molecule has 1 aromatic heterocycles. The highest BCUT2D eigenvalue weighted by atomic mass is 16.6. The molecule has 1 aromatic carbocycles. The van der Waals surface area contributed by atoms with E-state index < -0.39 is 0 Å². The molecule has 0 aliphatic carbocycles. The fraction of sp³-hybridized carbons (Fsp3) is 0.444. The number of aromatic nitrogens is 1. The number of carbonyl (C=O) groups is 1. The largest absolute Gasteiger partial charge is 0.497 e. The number of hydrogen-bond donors (Lipinski definition) is 2. The lowest BCUT2D eigenvalue weighted by Crippen LogP contribution is -2.40. The predicted octanol–water partition coefficient (Wildman–Crippen LogP) is 2.92. The Kier molecular flexibility index (Phi) is 5.11. The molecule has 0 atom stereocenters. The normalized spacial score (nSPS) is 15.8. The average Bonchev–Trinajstić information content (AvgIpc) is 2.94. The number of amides is 1. The summed E-state index contributed by atoms with van der Waals surface area (Å²) in [4.78, 5) is 21.0. The van der Waals surface area contributed by atoms with Gasteiger partial charge in [0.1, 0.15) is 5.75 Å². The molecule has 1 amide bonds. The van der Waals surface area contributed by atoms with E-state index in [1.165, 1.54) is 0 Å². The van der Waals surface area contributed by atoms with Crippen LogP contribution < -0.4 is 4.74 Å². The zero-order valence-corrected chi connectivity index (χ0v) is 14.5. The molecule has 2 heterocycles. The third kappa shape index (κ3) is 3.70. The van der Waals surface area contributed by atoms with Crippen molar-refractivity contribution < 1.29 is 19.4 Å². The Balaban J connectivity index is 1.70. The second kappa shape index (κ2) is 7.46. The van der Waals surface area contributed by atoms with Gasteiger partial charge >= 0.3 is 6.09 Å². The molecule has 2 aromatic rings. The van der Waals surface area contributed by atoms with Crippen LogP contribution in [0.25, 0.3) is 10.9 Å². The van der Waals surface area contributed by atoms with Gasteiger partial charge in [0.05, 0.1) is 25.3 Å². The molecule has 1 aliphatic rings. The molecule has 2 N–H and O–H groups in total. The van der Waals surface area contributed by atoms with E-state index in [2.05, 4.69) is 9.98 Å². The summed E-state index contributed by atoms with van der Waals surface area (Å²) < 4.78 is 10.3. The number of fused-ring (bicyclic) bond motifs is 1. The SMILES string of the molecule is CCOC(=O)N1CCC(N=Cc2c(O)[nH]c3ccc(OC)cc23)CC1. The van der Waals surface area contributed by atoms with Crippen LogP contribution in [-0.2, 0) is 4.74 Å². The number of piperidine rings is 1. The molecule has 0 saturated carbocycles. The average molecular weight is 345 g/mol. The Bertz CT molecular complexity index is 776. The fourth-order valence-corrected chi connectivity index (χ4v) is 3.03. The van der Waals surface area contributed by atoms with Crippen molar-refractivity contribution in [3.05, 3.63) is 23.8 Å². The van der Waals surface area contributed by atoms with Crippen LogP contribution in [0.2, 0.25) is 0 Å². The summed E-state index contributed by atoms with van der Waals surface area (Å²) in [5.41, 5.74) is 1.48. The topological polar surface area (TPSA) is 87.1 Å². The lowest BCUT2D eigenvalue weighted by atomic mass is 10.1. The minimum absolute atomic E-state index is 0.0935. The van der Waals surface area contributed by atoms with Crippen molar-refractivity contribution in [3.8, 4) is 11.6 Å². The molecule has 0 unspecified atom stereocenters. The lowest BCUT2D eigenvalue weighted by molar-refractivity contribution is 0.0975. The summed E-state index contributed by atoms with van der Waals surface area (Å²) in [6.45, 7) is 3.46. The minimum Gasteiger partial charge on any atom is -0.497 e. The van der Waals surface area contributed by atoms with Crippen LogP contribution in [-0.4, -0.2) is 60.1 Å². The maximum absolute atomic E-state index is 11.7. The van der Waals surface area contributed by atoms with Gasteiger partial charge in [-0.05, 0) is 38.0 Å². The van der Waals surface area contributed by atoms with Crippen LogP contribution in [0.1, 0.15) is 25.3 Å². The van der Waals surface area contributed by atoms with Crippen LogP contribution in [0.5, 0.6) is 11.6 Å². The van der Waals surface area contributed by atoms with E-state index in [1.54, 1.807) is 25.1 Å². The van der Waals surface area contributed by atoms with Crippen molar-refractivity contribution in [1.82, 2.24) is 9.88 Å². The van der Waals surface area contributed by atoms with Crippen molar-refractivity contribution in [3.63, 3.8) is 0 Å². The number of likely N-dealkylation sites (tertiary alicyclic amines) is 1. The van der Waals surface area contributed by atoms with Gasteiger partial charge in [0.15, 0.2) is 5.88 Å². The highest BCUT2D eigenvalue weighted by Crippen LogP contribution is 2.29. The first-order valence-corrected chi connectivity index (χ1v) is 8.46. The van der Waals surface area contributed by atoms with Gasteiger partial charge in [-0.25, -0.2) is 4.79 Å². The summed E-state index contributed by atoms with van der Waals surface area (Å²) in [5.74, 6) is 0.819. The van der Waals surface area contributed by atoms with Gasteiger partial charge in [0, 0.05) is 30.2 Å². The van der Waals surface area contributed by atoms with E-state index in [0.29, 0.717) is 25.3 Å². The van der Waals surface area contributed by atoms with Crippen LogP contribution in [0.15, 0.2) is 23.2 Å². The summed E-state index contributed by atoms with van der Waals surface area (Å²) in [6.07, 6.45) is 3.01. The van der Waals surface area contributed by atoms with Crippen molar-refractivity contribution in [2.45, 2.75) is 25.8 Å². The molecular formula is C18H23N3O4. The van der Waals surface area contributed by atoms with Crippen molar-refractivity contribution in [2.24, 2.45) is 4.99 Å². The third-order valence-electron chi connectivity index (χ3n) is 4.43. The number of benzene rings is 1. The molecule has 0 radical (unpaired) electrons. The van der Waals surface area contributed by atoms with E-state index >= 15 is 0 Å². The summed E-state index contributed by atoms with van der Waals surface area (Å²) >= 11 is 0. The zero-order valence-electron chi connectivity index (χ0n) is 14.5. The number of aromatic hydroxyl groups is 1. The van der Waals surface area contributed by atoms with Crippen LogP contribution >= 0.6 is 0 Å². The third-order valence-corrected chi connectivity index (χ3v) is 4.43. The molecule has 1 saturated heterocycles. The number of nitrogens with zero attached hydrogens (tertiary/aromatic N) is 2. The first kappa shape index (κ1) is 17.1. The lowest BCUT2D eigenvalue weighted by Gasteiger charge is -2.29. The number of nitrogens with one attached hydrogen (secondary N) is 1. The minimum atomic E-state index is -0.258. The van der Waals surface area contributed by atoms with Gasteiger partial charge in [0.2, 0.25) is 0 Å². The van der Waals surface area contributed by atoms with Gasteiger partial charge in [-0.15, -0.1) is 0 Å². The summed E-state index contributed by atoms with van der Waals surface area (Å²) in [5, 5.41) is 11.0. The molecule has 7 nitrogen and oxygen atoms in total. The molecule has 0 spiro atoms. The van der Waals surface area contributed by atoms with E-state index in [0.717, 1.165) is 29.5 Å². The molecular weight excluding hydrogens is 322 g/mol. The summed E-state index contributed by atoms with van der Waals surface area (Å²) in [7, 11) is 1.61. The smallest absolute Gasteiger partial charge is 0.409 e. The number of aromatic amines is 1. The standard InChI is InChI=1S/C18H23N3O4/c1-3-25-18(23)21-8-6-12(7-9-21)19-11-15-14-10-13(24-2)4-5-16(14)20-17(15)22/h4-5,10-12,20,22H,3,6-9H2,1-2H3. The summed E-state index contributed by atoms with van der Waals surface area (Å²) in [6, 6.07) is 5.70. The number of ether oxygens (including phenoxy) is 2. The predicted molar refractivity (Wildman–Crippen MR) is 95.7 cm³/mol. The quantitative estimate of drug-likeness (QED) is 0.834. The fourth-order valence-electron chi connectivity index (χ4n) is 3.03. The molecule has 3 rings (SSSR count). The van der Waals surface area contributed by atoms with Crippen molar-refractivity contribution in [2.75, 3.05) is 26.8 Å². The molecule has 134 valence electrons. The number of rotatable bonds is 4. The van der Waals surface area contributed by atoms with E-state index in [4.69, 9.17) is 9.47 Å². The highest BCUT2D eigenvalue weighted by molar-refractivity contribution is 6.02. The Morgan fingerprint density at radius 2 is 2.20 bits per heavy atom. The second-order valence-electron chi connectivity index (χ2n) is 5.99. The second-order valence-corrected chi connectivity index (χ2v) is 5.99. The molecule has 1 fully saturated rings. The van der Waals surface area contributed by atoms with Crippen LogP contribution in [0.3, 0.4) is 0 Å². The van der Waals surface area contributed by atoms with Crippen molar-refractivity contribution in [1.29, 1.82) is 0 Å². The van der Waals surface area contributed by atoms with Gasteiger partial charge in [-0.3, -0.25) is 4.99 Å². The maximum atomic E-state index is 11.7. The van der Waals surface area contributed by atoms with Gasteiger partial charge in [-0.2, -0.15) is 0 Å². The zero-order chi connectivity index (χ0) is 17.8. The van der Waals surface area contributed by atoms with E-state index in [-0.39, 0.29) is 18.0 Å². The van der Waals surface area contributed by atoms with Crippen LogP contribution in [0, 0.1) is 0 Å². The van der Waals surface area contributed by atoms with Gasteiger partial charge in [0.25, 0.3) is 0 Å². The number of aliphatic imine (C=N–C) groups is 1. The van der Waals surface area contributed by atoms with E-state index in [9.17, 15) is 9.90 Å². The monoisotopic (exact) mass is 345 g/mol. The molecule has 25 heavy (non-hydrogen) atoms. The Labute approximate surface area is 146 Å². The molecule has 1 aliphatic heterocycles. The maximum Gasteiger partial charge on any atom is 0.409 e. The number of carbonyl (C=O) groups excluding carboxylic acids is 1. The Morgan fingerprint density at radius 3 is 2.88 bits per heavy atom. The number of H-pyrrole nitrogens is 1. The number of methoxy groups -OCH3 is 1. The van der Waals surface area contributed by atoms with Crippen LogP contribution in [0.4, 0.5) is 4.79 Å². The number of hydrogen-bond acceptors (Lipinski definition) is 5.